The Balaban J connectivity index is 2.34. The van der Waals surface area contributed by atoms with Crippen LogP contribution in [0.2, 0.25) is 0 Å². The van der Waals surface area contributed by atoms with Gasteiger partial charge in [-0.3, -0.25) is 9.59 Å². The highest BCUT2D eigenvalue weighted by atomic mass is 32.2. The van der Waals surface area contributed by atoms with Crippen molar-refractivity contribution < 1.29 is 18.9 Å². The number of hydrogen-bond donors (Lipinski definition) is 1. The van der Waals surface area contributed by atoms with E-state index in [1.54, 1.807) is 13.0 Å². The van der Waals surface area contributed by atoms with Crippen molar-refractivity contribution in [3.8, 4) is 0 Å². The molecule has 1 N–H and O–H groups in total. The second-order valence-corrected chi connectivity index (χ2v) is 8.79. The lowest BCUT2D eigenvalue weighted by molar-refractivity contribution is -0.114. The Morgan fingerprint density at radius 1 is 1.19 bits per heavy atom. The van der Waals surface area contributed by atoms with E-state index in [4.69, 9.17) is 9.31 Å². The van der Waals surface area contributed by atoms with E-state index in [0.29, 0.717) is 11.6 Å². The molecule has 146 valence electrons. The zero-order valence-electron chi connectivity index (χ0n) is 17.0. The molecule has 0 bridgehead atoms. The maximum atomic E-state index is 11.5. The van der Waals surface area contributed by atoms with Gasteiger partial charge >= 0.3 is 7.12 Å². The number of nitrogens with zero attached hydrogens (tertiary/aromatic N) is 1. The number of aromatic nitrogens is 1. The third-order valence-electron chi connectivity index (χ3n) is 4.77. The van der Waals surface area contributed by atoms with Gasteiger partial charge in [0, 0.05) is 25.3 Å². The normalized spacial score (nSPS) is 18.5. The van der Waals surface area contributed by atoms with Gasteiger partial charge in [-0.1, -0.05) is 17.8 Å². The molecule has 0 atom stereocenters. The highest BCUT2D eigenvalue weighted by Gasteiger charge is 2.52. The van der Waals surface area contributed by atoms with Gasteiger partial charge < -0.3 is 14.6 Å². The monoisotopic (exact) mass is 390 g/mol. The van der Waals surface area contributed by atoms with Crippen molar-refractivity contribution in [2.75, 3.05) is 11.1 Å². The van der Waals surface area contributed by atoms with Crippen LogP contribution in [0.1, 0.15) is 52.8 Å². The van der Waals surface area contributed by atoms with E-state index in [-0.39, 0.29) is 11.0 Å². The highest BCUT2D eigenvalue weighted by Crippen LogP contribution is 2.39. The third-order valence-corrected chi connectivity index (χ3v) is 5.65. The van der Waals surface area contributed by atoms with Crippen molar-refractivity contribution in [3.63, 3.8) is 0 Å². The minimum atomic E-state index is -0.531. The molecule has 0 spiro atoms. The van der Waals surface area contributed by atoms with Gasteiger partial charge in [0.2, 0.25) is 5.91 Å². The number of pyridine rings is 1. The van der Waals surface area contributed by atoms with Crippen molar-refractivity contribution in [2.45, 2.75) is 59.7 Å². The van der Waals surface area contributed by atoms with Crippen LogP contribution in [-0.2, 0) is 18.9 Å². The van der Waals surface area contributed by atoms with E-state index in [2.05, 4.69) is 10.3 Å². The molecule has 1 saturated heterocycles. The molecule has 0 aliphatic carbocycles. The molecule has 1 fully saturated rings. The number of aryl methyl sites for hydroxylation is 1. The fourth-order valence-corrected chi connectivity index (χ4v) is 3.12. The summed E-state index contributed by atoms with van der Waals surface area (Å²) in [7, 11) is -0.531. The van der Waals surface area contributed by atoms with Gasteiger partial charge in [0.05, 0.1) is 11.2 Å². The predicted octanol–water partition coefficient (Wildman–Crippen LogP) is 3.64. The summed E-state index contributed by atoms with van der Waals surface area (Å²) in [6.45, 7) is 12.9. The van der Waals surface area contributed by atoms with Crippen molar-refractivity contribution >= 4 is 41.8 Å². The zero-order chi connectivity index (χ0) is 20.4. The number of nitrogens with one attached hydrogen (secondary N) is 1. The minimum Gasteiger partial charge on any atom is -0.400 e. The predicted molar refractivity (Wildman–Crippen MR) is 110 cm³/mol. The SMILES string of the molecule is CC(=O)Nc1ccc(C=C(CSC(C)=O)B2OC(C)(C)C(C)(C)O2)c(C)n1. The molecule has 0 saturated carbocycles. The minimum absolute atomic E-state index is 0.0354. The highest BCUT2D eigenvalue weighted by molar-refractivity contribution is 8.13. The Kier molecular flexibility index (Phi) is 6.55. The first-order chi connectivity index (χ1) is 12.4. The molecule has 0 aromatic carbocycles. The number of carbonyl (C=O) groups is 2. The smallest absolute Gasteiger partial charge is 0.400 e. The number of carbonyl (C=O) groups excluding carboxylic acids is 2. The van der Waals surface area contributed by atoms with Crippen LogP contribution in [0.25, 0.3) is 6.08 Å². The van der Waals surface area contributed by atoms with Crippen molar-refractivity contribution in [3.05, 3.63) is 28.9 Å². The van der Waals surface area contributed by atoms with Crippen LogP contribution in [0.5, 0.6) is 0 Å². The Morgan fingerprint density at radius 3 is 2.26 bits per heavy atom. The summed E-state index contributed by atoms with van der Waals surface area (Å²) in [5.41, 5.74) is 1.60. The number of amides is 1. The molecule has 1 aliphatic rings. The van der Waals surface area contributed by atoms with Crippen LogP contribution in [0.15, 0.2) is 17.6 Å². The Morgan fingerprint density at radius 2 is 1.78 bits per heavy atom. The van der Waals surface area contributed by atoms with Crippen molar-refractivity contribution in [2.24, 2.45) is 0 Å². The number of rotatable bonds is 5. The molecule has 1 amide bonds. The molecular formula is C19H27BN2O4S. The average Bonchev–Trinajstić information content (AvgIpc) is 2.72. The van der Waals surface area contributed by atoms with Gasteiger partial charge in [-0.05, 0) is 57.8 Å². The van der Waals surface area contributed by atoms with Gasteiger partial charge in [0.15, 0.2) is 5.12 Å². The van der Waals surface area contributed by atoms with E-state index in [1.165, 1.54) is 18.7 Å². The molecule has 8 heteroatoms. The second kappa shape index (κ2) is 8.16. The lowest BCUT2D eigenvalue weighted by Crippen LogP contribution is -2.41. The third kappa shape index (κ3) is 5.43. The summed E-state index contributed by atoms with van der Waals surface area (Å²) in [4.78, 5) is 27.1. The van der Waals surface area contributed by atoms with Crippen LogP contribution in [0.3, 0.4) is 0 Å². The largest absolute Gasteiger partial charge is 0.491 e. The quantitative estimate of drug-likeness (QED) is 0.774. The first-order valence-electron chi connectivity index (χ1n) is 8.86. The molecule has 27 heavy (non-hydrogen) atoms. The van der Waals surface area contributed by atoms with E-state index < -0.39 is 18.3 Å². The van der Waals surface area contributed by atoms with Crippen molar-refractivity contribution in [1.29, 1.82) is 0 Å². The first-order valence-corrected chi connectivity index (χ1v) is 9.84. The molecule has 1 aliphatic heterocycles. The molecule has 0 unspecified atom stereocenters. The second-order valence-electron chi connectivity index (χ2n) is 7.64. The summed E-state index contributed by atoms with van der Waals surface area (Å²) in [6.07, 6.45) is 1.96. The molecule has 1 aromatic rings. The summed E-state index contributed by atoms with van der Waals surface area (Å²) in [6, 6.07) is 3.64. The van der Waals surface area contributed by atoms with Gasteiger partial charge in [-0.15, -0.1) is 0 Å². The Hall–Kier alpha value is -1.64. The maximum Gasteiger partial charge on any atom is 0.491 e. The van der Waals surface area contributed by atoms with Crippen molar-refractivity contribution in [1.82, 2.24) is 4.98 Å². The average molecular weight is 390 g/mol. The lowest BCUT2D eigenvalue weighted by atomic mass is 9.78. The molecule has 6 nitrogen and oxygen atoms in total. The molecule has 2 heterocycles. The standard InChI is InChI=1S/C19H27BN2O4S/c1-12-15(8-9-17(21-12)22-13(2)23)10-16(11-27-14(3)24)20-25-18(4,5)19(6,7)26-20/h8-10H,11H2,1-7H3,(H,21,22,23). The van der Waals surface area contributed by atoms with E-state index >= 15 is 0 Å². The topological polar surface area (TPSA) is 77.5 Å². The van der Waals surface area contributed by atoms with Crippen LogP contribution in [-0.4, -0.2) is 40.1 Å². The Labute approximate surface area is 165 Å². The summed E-state index contributed by atoms with van der Waals surface area (Å²) in [5.74, 6) is 0.812. The number of anilines is 1. The summed E-state index contributed by atoms with van der Waals surface area (Å²) < 4.78 is 12.3. The summed E-state index contributed by atoms with van der Waals surface area (Å²) in [5, 5.41) is 2.71. The number of thioether (sulfide) groups is 1. The van der Waals surface area contributed by atoms with Gasteiger partial charge in [-0.25, -0.2) is 4.98 Å². The molecule has 1 aromatic heterocycles. The van der Waals surface area contributed by atoms with Crippen LogP contribution in [0, 0.1) is 6.92 Å². The Bertz CT molecular complexity index is 761. The lowest BCUT2D eigenvalue weighted by Gasteiger charge is -2.32. The van der Waals surface area contributed by atoms with Gasteiger partial charge in [0.1, 0.15) is 5.82 Å². The fourth-order valence-electron chi connectivity index (χ4n) is 2.53. The van der Waals surface area contributed by atoms with E-state index in [9.17, 15) is 9.59 Å². The molecular weight excluding hydrogens is 363 g/mol. The number of hydrogen-bond acceptors (Lipinski definition) is 6. The first kappa shape index (κ1) is 21.7. The van der Waals surface area contributed by atoms with Crippen LogP contribution < -0.4 is 5.32 Å². The van der Waals surface area contributed by atoms with E-state index in [0.717, 1.165) is 16.7 Å². The van der Waals surface area contributed by atoms with Crippen LogP contribution >= 0.6 is 11.8 Å². The maximum absolute atomic E-state index is 11.5. The fraction of sp³-hybridized carbons (Fsp3) is 0.526. The molecule has 2 rings (SSSR count). The molecule has 0 radical (unpaired) electrons. The van der Waals surface area contributed by atoms with Crippen LogP contribution in [0.4, 0.5) is 5.82 Å². The zero-order valence-corrected chi connectivity index (χ0v) is 17.8. The summed E-state index contributed by atoms with van der Waals surface area (Å²) >= 11 is 1.22. The van der Waals surface area contributed by atoms with Gasteiger partial charge in [-0.2, -0.15) is 0 Å². The van der Waals surface area contributed by atoms with Gasteiger partial charge in [0.25, 0.3) is 0 Å². The van der Waals surface area contributed by atoms with E-state index in [1.807, 2.05) is 46.8 Å².